The molecule has 1 heteroatoms. The predicted octanol–water partition coefficient (Wildman–Crippen LogP) is 0.775. The highest BCUT2D eigenvalue weighted by molar-refractivity contribution is 5.09. The van der Waals surface area contributed by atoms with Crippen LogP contribution < -0.4 is 0 Å². The van der Waals surface area contributed by atoms with Crippen molar-refractivity contribution in [3.63, 3.8) is 0 Å². The molecule has 0 aromatic heterocycles. The molecule has 0 aromatic carbocycles. The minimum atomic E-state index is 0.954. The van der Waals surface area contributed by atoms with Gasteiger partial charge in [-0.1, -0.05) is 6.08 Å². The number of fused-ring (bicyclic) bond motifs is 3. The highest BCUT2D eigenvalue weighted by Crippen LogP contribution is 2.43. The van der Waals surface area contributed by atoms with E-state index in [4.69, 9.17) is 0 Å². The van der Waals surface area contributed by atoms with Crippen LogP contribution in [0.2, 0.25) is 0 Å². The molecule has 0 aromatic rings. The summed E-state index contributed by atoms with van der Waals surface area (Å²) < 4.78 is 1.47. The van der Waals surface area contributed by atoms with Gasteiger partial charge in [0.15, 0.2) is 0 Å². The maximum absolute atomic E-state index is 2.45. The Bertz CT molecular complexity index is 179. The molecule has 0 radical (unpaired) electrons. The molecule has 3 aliphatic rings. The Morgan fingerprint density at radius 3 is 2.44 bits per heavy atom. The molecule has 3 rings (SSSR count). The minimum Gasteiger partial charge on any atom is -0.308 e. The second kappa shape index (κ2) is 1.10. The summed E-state index contributed by atoms with van der Waals surface area (Å²) in [6.45, 7) is 4.43. The standard InChI is InChI=1S/C8H12N/c1-2-8-5-7(1)6-9(8)3-4-9/h1-2,7-8H,3-6H2/q+1/t7-,8+/m0/s1. The molecule has 2 heterocycles. The zero-order valence-electron chi connectivity index (χ0n) is 5.59. The van der Waals surface area contributed by atoms with Gasteiger partial charge in [0.1, 0.15) is 19.1 Å². The number of hydrogen-bond acceptors (Lipinski definition) is 0. The van der Waals surface area contributed by atoms with E-state index in [0.717, 1.165) is 12.0 Å². The fourth-order valence-corrected chi connectivity index (χ4v) is 2.54. The molecule has 2 aliphatic heterocycles. The number of quaternary nitrogens is 1. The molecule has 9 heavy (non-hydrogen) atoms. The molecule has 1 spiro atoms. The van der Waals surface area contributed by atoms with Crippen molar-refractivity contribution < 1.29 is 4.48 Å². The van der Waals surface area contributed by atoms with Crippen LogP contribution in [-0.4, -0.2) is 30.2 Å². The first-order chi connectivity index (χ1) is 4.39. The average Bonchev–Trinajstić information content (AvgIpc) is 2.40. The van der Waals surface area contributed by atoms with E-state index in [2.05, 4.69) is 12.2 Å². The van der Waals surface area contributed by atoms with Crippen molar-refractivity contribution in [2.75, 3.05) is 19.6 Å². The first kappa shape index (κ1) is 4.51. The lowest BCUT2D eigenvalue weighted by atomic mass is 10.2. The Labute approximate surface area is 55.6 Å². The van der Waals surface area contributed by atoms with E-state index in [1.165, 1.54) is 30.5 Å². The van der Waals surface area contributed by atoms with Gasteiger partial charge in [-0.25, -0.2) is 0 Å². The first-order valence-corrected chi connectivity index (χ1v) is 3.93. The lowest BCUT2D eigenvalue weighted by Crippen LogP contribution is -2.31. The molecule has 2 fully saturated rings. The van der Waals surface area contributed by atoms with E-state index in [1.807, 2.05) is 0 Å². The van der Waals surface area contributed by atoms with Crippen molar-refractivity contribution in [2.24, 2.45) is 5.92 Å². The lowest BCUT2D eigenvalue weighted by Gasteiger charge is -2.18. The number of nitrogens with zero attached hydrogens (tertiary/aromatic N) is 1. The smallest absolute Gasteiger partial charge is 0.129 e. The Morgan fingerprint density at radius 2 is 2.11 bits per heavy atom. The minimum absolute atomic E-state index is 0.954. The van der Waals surface area contributed by atoms with Crippen LogP contribution in [0.4, 0.5) is 0 Å². The predicted molar refractivity (Wildman–Crippen MR) is 35.9 cm³/mol. The molecule has 1 nitrogen and oxygen atoms in total. The molecule has 0 N–H and O–H groups in total. The molecule has 48 valence electrons. The highest BCUT2D eigenvalue weighted by Gasteiger charge is 2.56. The van der Waals surface area contributed by atoms with Gasteiger partial charge in [0, 0.05) is 12.3 Å². The normalized spacial score (nSPS) is 48.9. The Kier molecular flexibility index (Phi) is 0.552. The van der Waals surface area contributed by atoms with E-state index in [0.29, 0.717) is 0 Å². The maximum Gasteiger partial charge on any atom is 0.129 e. The monoisotopic (exact) mass is 122 g/mol. The van der Waals surface area contributed by atoms with Crippen LogP contribution in [0.3, 0.4) is 0 Å². The third-order valence-electron chi connectivity index (χ3n) is 3.25. The first-order valence-electron chi connectivity index (χ1n) is 3.93. The van der Waals surface area contributed by atoms with Gasteiger partial charge in [-0.3, -0.25) is 0 Å². The van der Waals surface area contributed by atoms with Crippen LogP contribution in [0.5, 0.6) is 0 Å². The summed E-state index contributed by atoms with van der Waals surface area (Å²) >= 11 is 0. The van der Waals surface area contributed by atoms with Crippen LogP contribution in [0.25, 0.3) is 0 Å². The van der Waals surface area contributed by atoms with Crippen molar-refractivity contribution in [1.82, 2.24) is 0 Å². The van der Waals surface area contributed by atoms with Gasteiger partial charge in [0.2, 0.25) is 0 Å². The third kappa shape index (κ3) is 0.410. The van der Waals surface area contributed by atoms with Crippen LogP contribution in [0.1, 0.15) is 6.42 Å². The maximum atomic E-state index is 2.45. The largest absolute Gasteiger partial charge is 0.308 e. The Morgan fingerprint density at radius 1 is 1.22 bits per heavy atom. The lowest BCUT2D eigenvalue weighted by molar-refractivity contribution is -0.807. The summed E-state index contributed by atoms with van der Waals surface area (Å²) in [5.41, 5.74) is 0. The van der Waals surface area contributed by atoms with E-state index in [9.17, 15) is 0 Å². The molecular weight excluding hydrogens is 110 g/mol. The summed E-state index contributed by atoms with van der Waals surface area (Å²) in [7, 11) is 0. The number of rotatable bonds is 0. The van der Waals surface area contributed by atoms with E-state index in [1.54, 1.807) is 0 Å². The zero-order chi connectivity index (χ0) is 5.90. The summed E-state index contributed by atoms with van der Waals surface area (Å²) in [5.74, 6) is 0.970. The third-order valence-corrected chi connectivity index (χ3v) is 3.25. The Balaban J connectivity index is 2.05. The van der Waals surface area contributed by atoms with Crippen molar-refractivity contribution in [1.29, 1.82) is 0 Å². The van der Waals surface area contributed by atoms with Crippen LogP contribution >= 0.6 is 0 Å². The quantitative estimate of drug-likeness (QED) is 0.253. The second-order valence-corrected chi connectivity index (χ2v) is 3.80. The summed E-state index contributed by atoms with van der Waals surface area (Å²) in [6, 6.07) is 0.954. The fourth-order valence-electron chi connectivity index (χ4n) is 2.54. The highest BCUT2D eigenvalue weighted by atomic mass is 15.5. The van der Waals surface area contributed by atoms with Gasteiger partial charge in [0.05, 0.1) is 6.54 Å². The molecule has 1 aliphatic carbocycles. The molecule has 0 amide bonds. The van der Waals surface area contributed by atoms with E-state index in [-0.39, 0.29) is 0 Å². The molecular formula is C8H12N+. The van der Waals surface area contributed by atoms with E-state index < -0.39 is 0 Å². The summed E-state index contributed by atoms with van der Waals surface area (Å²) in [4.78, 5) is 0. The molecule has 0 saturated carbocycles. The topological polar surface area (TPSA) is 0 Å². The van der Waals surface area contributed by atoms with Gasteiger partial charge >= 0.3 is 0 Å². The molecule has 0 unspecified atom stereocenters. The van der Waals surface area contributed by atoms with Gasteiger partial charge in [-0.15, -0.1) is 0 Å². The summed E-state index contributed by atoms with van der Waals surface area (Å²) in [5, 5.41) is 0. The van der Waals surface area contributed by atoms with Crippen molar-refractivity contribution in [3.8, 4) is 0 Å². The SMILES string of the molecule is C1=C[C@@H]2C[C@H]1C[N+]21CC1. The van der Waals surface area contributed by atoms with Crippen molar-refractivity contribution >= 4 is 0 Å². The molecule has 2 bridgehead atoms. The van der Waals surface area contributed by atoms with Crippen molar-refractivity contribution in [3.05, 3.63) is 12.2 Å². The van der Waals surface area contributed by atoms with E-state index >= 15 is 0 Å². The van der Waals surface area contributed by atoms with Gasteiger partial charge in [-0.2, -0.15) is 0 Å². The fraction of sp³-hybridized carbons (Fsp3) is 0.750. The van der Waals surface area contributed by atoms with Crippen LogP contribution in [0, 0.1) is 5.92 Å². The Hall–Kier alpha value is -0.300. The van der Waals surface area contributed by atoms with Crippen LogP contribution in [0.15, 0.2) is 12.2 Å². The van der Waals surface area contributed by atoms with Crippen molar-refractivity contribution in [2.45, 2.75) is 12.5 Å². The second-order valence-electron chi connectivity index (χ2n) is 3.80. The molecule has 2 atom stereocenters. The van der Waals surface area contributed by atoms with Gasteiger partial charge in [0.25, 0.3) is 0 Å². The average molecular weight is 122 g/mol. The summed E-state index contributed by atoms with van der Waals surface area (Å²) in [6.07, 6.45) is 6.34. The number of hydrogen-bond donors (Lipinski definition) is 0. The molecule has 2 saturated heterocycles. The van der Waals surface area contributed by atoms with Gasteiger partial charge in [-0.05, 0) is 6.08 Å². The zero-order valence-corrected chi connectivity index (χ0v) is 5.59. The van der Waals surface area contributed by atoms with Crippen LogP contribution in [-0.2, 0) is 0 Å². The van der Waals surface area contributed by atoms with Gasteiger partial charge < -0.3 is 4.48 Å².